The van der Waals surface area contributed by atoms with E-state index in [2.05, 4.69) is 5.32 Å². The topological polar surface area (TPSA) is 84.9 Å². The SMILES string of the molecule is COc1ccc(COC(=O)CN2C(=O)N[C@@]3(CCCC[C@H]3C)C2=O)cc1F. The summed E-state index contributed by atoms with van der Waals surface area (Å²) in [6, 6.07) is 3.64. The zero-order valence-corrected chi connectivity index (χ0v) is 15.4. The van der Waals surface area contributed by atoms with E-state index in [-0.39, 0.29) is 24.2 Å². The minimum atomic E-state index is -0.908. The van der Waals surface area contributed by atoms with Crippen LogP contribution < -0.4 is 10.1 Å². The lowest BCUT2D eigenvalue weighted by molar-refractivity contribution is -0.149. The van der Waals surface area contributed by atoms with Gasteiger partial charge in [0.25, 0.3) is 5.91 Å². The lowest BCUT2D eigenvalue weighted by atomic mass is 9.73. The predicted molar refractivity (Wildman–Crippen MR) is 93.4 cm³/mol. The molecule has 0 bridgehead atoms. The van der Waals surface area contributed by atoms with Gasteiger partial charge in [-0.25, -0.2) is 9.18 Å². The lowest BCUT2D eigenvalue weighted by Gasteiger charge is -2.36. The number of carbonyl (C=O) groups is 3. The van der Waals surface area contributed by atoms with E-state index in [1.165, 1.54) is 19.2 Å². The van der Waals surface area contributed by atoms with Crippen LogP contribution in [0.1, 0.15) is 38.2 Å². The predicted octanol–water partition coefficient (Wildman–Crippen LogP) is 2.38. The second-order valence-corrected chi connectivity index (χ2v) is 7.07. The molecule has 146 valence electrons. The fraction of sp³-hybridized carbons (Fsp3) is 0.526. The highest BCUT2D eigenvalue weighted by Gasteiger charge is 2.55. The average Bonchev–Trinajstić information content (AvgIpc) is 2.87. The Kier molecular flexibility index (Phi) is 5.34. The highest BCUT2D eigenvalue weighted by molar-refractivity contribution is 6.08. The Labute approximate surface area is 156 Å². The molecule has 27 heavy (non-hydrogen) atoms. The molecule has 1 spiro atoms. The van der Waals surface area contributed by atoms with Crippen molar-refractivity contribution in [1.82, 2.24) is 10.2 Å². The standard InChI is InChI=1S/C19H23FN2O5/c1-12-5-3-4-8-19(12)17(24)22(18(25)21-19)10-16(23)27-11-13-6-7-15(26-2)14(20)9-13/h6-7,9,12H,3-5,8,10-11H2,1-2H3,(H,21,25)/t12-,19-/m1/s1. The smallest absolute Gasteiger partial charge is 0.326 e. The zero-order chi connectivity index (χ0) is 19.6. The molecule has 2 atom stereocenters. The van der Waals surface area contributed by atoms with Crippen molar-refractivity contribution in [1.29, 1.82) is 0 Å². The van der Waals surface area contributed by atoms with E-state index in [9.17, 15) is 18.8 Å². The summed E-state index contributed by atoms with van der Waals surface area (Å²) >= 11 is 0. The first-order valence-corrected chi connectivity index (χ1v) is 8.99. The number of carbonyl (C=O) groups excluding carboxylic acids is 3. The summed E-state index contributed by atoms with van der Waals surface area (Å²) in [5, 5.41) is 2.78. The maximum absolute atomic E-state index is 13.7. The van der Waals surface area contributed by atoms with E-state index in [0.717, 1.165) is 24.2 Å². The molecule has 1 aromatic rings. The number of benzene rings is 1. The Morgan fingerprint density at radius 2 is 2.15 bits per heavy atom. The van der Waals surface area contributed by atoms with Crippen LogP contribution in [0.25, 0.3) is 0 Å². The van der Waals surface area contributed by atoms with Crippen LogP contribution in [0.15, 0.2) is 18.2 Å². The zero-order valence-electron chi connectivity index (χ0n) is 15.4. The maximum Gasteiger partial charge on any atom is 0.326 e. The number of methoxy groups -OCH3 is 1. The highest BCUT2D eigenvalue weighted by atomic mass is 19.1. The third-order valence-electron chi connectivity index (χ3n) is 5.40. The summed E-state index contributed by atoms with van der Waals surface area (Å²) in [6.07, 6.45) is 3.31. The molecule has 1 aliphatic carbocycles. The number of imide groups is 1. The summed E-state index contributed by atoms with van der Waals surface area (Å²) in [7, 11) is 1.36. The van der Waals surface area contributed by atoms with E-state index in [1.807, 2.05) is 6.92 Å². The van der Waals surface area contributed by atoms with Crippen molar-refractivity contribution >= 4 is 17.9 Å². The number of ether oxygens (including phenoxy) is 2. The Bertz CT molecular complexity index is 768. The van der Waals surface area contributed by atoms with Gasteiger partial charge in [0.2, 0.25) is 0 Å². The molecule has 1 saturated carbocycles. The second kappa shape index (κ2) is 7.54. The van der Waals surface area contributed by atoms with Crippen molar-refractivity contribution in [2.24, 2.45) is 5.92 Å². The van der Waals surface area contributed by atoms with Gasteiger partial charge in [-0.05, 0) is 36.5 Å². The first-order chi connectivity index (χ1) is 12.9. The lowest BCUT2D eigenvalue weighted by Crippen LogP contribution is -2.54. The largest absolute Gasteiger partial charge is 0.494 e. The van der Waals surface area contributed by atoms with Gasteiger partial charge in [-0.3, -0.25) is 14.5 Å². The van der Waals surface area contributed by atoms with Crippen LogP contribution in [-0.2, 0) is 20.9 Å². The van der Waals surface area contributed by atoms with Crippen LogP contribution >= 0.6 is 0 Å². The van der Waals surface area contributed by atoms with Crippen molar-refractivity contribution in [2.75, 3.05) is 13.7 Å². The monoisotopic (exact) mass is 378 g/mol. The van der Waals surface area contributed by atoms with Crippen LogP contribution in [-0.4, -0.2) is 42.0 Å². The van der Waals surface area contributed by atoms with Crippen LogP contribution in [0.4, 0.5) is 9.18 Å². The third-order valence-corrected chi connectivity index (χ3v) is 5.40. The molecule has 1 heterocycles. The molecule has 8 heteroatoms. The second-order valence-electron chi connectivity index (χ2n) is 7.07. The number of rotatable bonds is 5. The van der Waals surface area contributed by atoms with Gasteiger partial charge in [0.15, 0.2) is 11.6 Å². The van der Waals surface area contributed by atoms with Crippen molar-refractivity contribution in [2.45, 2.75) is 44.8 Å². The number of hydrogen-bond acceptors (Lipinski definition) is 5. The Balaban J connectivity index is 1.60. The number of nitrogens with one attached hydrogen (secondary N) is 1. The average molecular weight is 378 g/mol. The number of hydrogen-bond donors (Lipinski definition) is 1. The molecule has 2 aliphatic rings. The van der Waals surface area contributed by atoms with E-state index in [0.29, 0.717) is 12.0 Å². The minimum absolute atomic E-state index is 0.0194. The molecule has 0 radical (unpaired) electrons. The van der Waals surface area contributed by atoms with Gasteiger partial charge in [0.05, 0.1) is 7.11 Å². The fourth-order valence-electron chi connectivity index (χ4n) is 3.78. The molecule has 0 unspecified atom stereocenters. The molecule has 1 saturated heterocycles. The molecule has 1 aromatic carbocycles. The summed E-state index contributed by atoms with van der Waals surface area (Å²) < 4.78 is 23.6. The minimum Gasteiger partial charge on any atom is -0.494 e. The summed E-state index contributed by atoms with van der Waals surface area (Å²) in [6.45, 7) is 1.32. The number of esters is 1. The van der Waals surface area contributed by atoms with E-state index in [1.54, 1.807) is 6.07 Å². The molecule has 7 nitrogen and oxygen atoms in total. The van der Waals surface area contributed by atoms with Crippen LogP contribution in [0.3, 0.4) is 0 Å². The molecule has 2 fully saturated rings. The van der Waals surface area contributed by atoms with Gasteiger partial charge in [0, 0.05) is 0 Å². The van der Waals surface area contributed by atoms with E-state index in [4.69, 9.17) is 9.47 Å². The van der Waals surface area contributed by atoms with Crippen LogP contribution in [0.2, 0.25) is 0 Å². The summed E-state index contributed by atoms with van der Waals surface area (Å²) in [5.41, 5.74) is -0.467. The Morgan fingerprint density at radius 3 is 2.81 bits per heavy atom. The van der Waals surface area contributed by atoms with Gasteiger partial charge in [0.1, 0.15) is 18.7 Å². The molecule has 1 N–H and O–H groups in total. The molecular weight excluding hydrogens is 355 g/mol. The summed E-state index contributed by atoms with van der Waals surface area (Å²) in [4.78, 5) is 38.1. The van der Waals surface area contributed by atoms with E-state index < -0.39 is 29.9 Å². The van der Waals surface area contributed by atoms with Crippen molar-refractivity contribution in [3.63, 3.8) is 0 Å². The first-order valence-electron chi connectivity index (χ1n) is 8.99. The van der Waals surface area contributed by atoms with Gasteiger partial charge in [-0.1, -0.05) is 25.8 Å². The van der Waals surface area contributed by atoms with E-state index >= 15 is 0 Å². The maximum atomic E-state index is 13.7. The Hall–Kier alpha value is -2.64. The fourth-order valence-corrected chi connectivity index (χ4v) is 3.78. The summed E-state index contributed by atoms with van der Waals surface area (Å²) in [5.74, 6) is -1.54. The van der Waals surface area contributed by atoms with Gasteiger partial charge in [-0.2, -0.15) is 0 Å². The first kappa shape index (κ1) is 19.1. The number of urea groups is 1. The molecule has 0 aromatic heterocycles. The number of nitrogens with zero attached hydrogens (tertiary/aromatic N) is 1. The van der Waals surface area contributed by atoms with Crippen molar-refractivity contribution in [3.8, 4) is 5.75 Å². The molecule has 3 amide bonds. The molecule has 1 aliphatic heterocycles. The third kappa shape index (κ3) is 3.61. The molecule has 3 rings (SSSR count). The quantitative estimate of drug-likeness (QED) is 0.628. The van der Waals surface area contributed by atoms with Gasteiger partial charge >= 0.3 is 12.0 Å². The normalized spacial score (nSPS) is 24.9. The van der Waals surface area contributed by atoms with Crippen LogP contribution in [0, 0.1) is 11.7 Å². The van der Waals surface area contributed by atoms with Crippen LogP contribution in [0.5, 0.6) is 5.75 Å². The van der Waals surface area contributed by atoms with Gasteiger partial charge in [-0.15, -0.1) is 0 Å². The van der Waals surface area contributed by atoms with Crippen molar-refractivity contribution < 1.29 is 28.2 Å². The highest BCUT2D eigenvalue weighted by Crippen LogP contribution is 2.38. The number of amides is 3. The molecular formula is C19H23FN2O5. The Morgan fingerprint density at radius 1 is 1.37 bits per heavy atom. The van der Waals surface area contributed by atoms with Gasteiger partial charge < -0.3 is 14.8 Å². The van der Waals surface area contributed by atoms with Crippen molar-refractivity contribution in [3.05, 3.63) is 29.6 Å². The number of halogens is 1.